The van der Waals surface area contributed by atoms with Gasteiger partial charge in [0.2, 0.25) is 0 Å². The molecule has 0 saturated heterocycles. The van der Waals surface area contributed by atoms with Crippen molar-refractivity contribution in [1.29, 1.82) is 0 Å². The van der Waals surface area contributed by atoms with Gasteiger partial charge >= 0.3 is 0 Å². The van der Waals surface area contributed by atoms with Crippen LogP contribution in [0.4, 0.5) is 5.69 Å². The van der Waals surface area contributed by atoms with Gasteiger partial charge in [0.05, 0.1) is 10.4 Å². The van der Waals surface area contributed by atoms with E-state index in [-0.39, 0.29) is 5.69 Å². The van der Waals surface area contributed by atoms with Crippen LogP contribution in [0.15, 0.2) is 22.8 Å². The Kier molecular flexibility index (Phi) is 1.99. The summed E-state index contributed by atoms with van der Waals surface area (Å²) in [6, 6.07) is 4.66. The zero-order valence-electron chi connectivity index (χ0n) is 7.27. The van der Waals surface area contributed by atoms with Crippen LogP contribution in [0.1, 0.15) is 0 Å². The number of halogens is 1. The Bertz CT molecular complexity index is 521. The normalized spacial score (nSPS) is 10.7. The summed E-state index contributed by atoms with van der Waals surface area (Å²) in [6.07, 6.45) is 0. The Balaban J connectivity index is 2.77. The lowest BCUT2D eigenvalue weighted by molar-refractivity contribution is -0.384. The Hall–Kier alpha value is -1.43. The molecule has 0 fully saturated rings. The zero-order chi connectivity index (χ0) is 10.3. The summed E-state index contributed by atoms with van der Waals surface area (Å²) >= 11 is 3.28. The van der Waals surface area contributed by atoms with Gasteiger partial charge in [0.15, 0.2) is 0 Å². The van der Waals surface area contributed by atoms with Crippen LogP contribution in [0.2, 0.25) is 0 Å². The SMILES string of the molecule is Cn1nc(Br)c2ccc([N+](=O)[O-])cc21. The second-order valence-electron chi connectivity index (χ2n) is 2.87. The van der Waals surface area contributed by atoms with Crippen LogP contribution in [-0.4, -0.2) is 14.7 Å². The average Bonchev–Trinajstić information content (AvgIpc) is 2.42. The van der Waals surface area contributed by atoms with E-state index < -0.39 is 4.92 Å². The van der Waals surface area contributed by atoms with Crippen molar-refractivity contribution in [3.05, 3.63) is 32.9 Å². The molecule has 0 spiro atoms. The lowest BCUT2D eigenvalue weighted by atomic mass is 10.2. The second-order valence-corrected chi connectivity index (χ2v) is 3.62. The van der Waals surface area contributed by atoms with E-state index >= 15 is 0 Å². The van der Waals surface area contributed by atoms with Gasteiger partial charge in [-0.2, -0.15) is 5.10 Å². The maximum absolute atomic E-state index is 10.5. The molecule has 0 atom stereocenters. The number of fused-ring (bicyclic) bond motifs is 1. The van der Waals surface area contributed by atoms with Crippen molar-refractivity contribution < 1.29 is 4.92 Å². The van der Waals surface area contributed by atoms with Crippen molar-refractivity contribution >= 4 is 32.5 Å². The summed E-state index contributed by atoms with van der Waals surface area (Å²) in [7, 11) is 1.75. The molecule has 0 amide bonds. The van der Waals surface area contributed by atoms with Gasteiger partial charge < -0.3 is 0 Å². The van der Waals surface area contributed by atoms with Gasteiger partial charge in [0.1, 0.15) is 4.60 Å². The van der Waals surface area contributed by atoms with Crippen LogP contribution in [-0.2, 0) is 7.05 Å². The van der Waals surface area contributed by atoms with Crippen molar-refractivity contribution in [2.75, 3.05) is 0 Å². The summed E-state index contributed by atoms with van der Waals surface area (Å²) in [5.41, 5.74) is 0.819. The van der Waals surface area contributed by atoms with Gasteiger partial charge in [-0.25, -0.2) is 0 Å². The summed E-state index contributed by atoms with van der Waals surface area (Å²) < 4.78 is 2.30. The number of aromatic nitrogens is 2. The molecule has 2 aromatic rings. The number of aryl methyl sites for hydroxylation is 1. The fourth-order valence-electron chi connectivity index (χ4n) is 1.32. The number of hydrogen-bond donors (Lipinski definition) is 0. The van der Waals surface area contributed by atoms with Gasteiger partial charge in [0.25, 0.3) is 5.69 Å². The van der Waals surface area contributed by atoms with Crippen molar-refractivity contribution in [1.82, 2.24) is 9.78 Å². The molecule has 0 aliphatic rings. The summed E-state index contributed by atoms with van der Waals surface area (Å²) in [5.74, 6) is 0. The first-order chi connectivity index (χ1) is 6.59. The van der Waals surface area contributed by atoms with Crippen LogP contribution in [0.25, 0.3) is 10.9 Å². The third-order valence-corrected chi connectivity index (χ3v) is 2.59. The fraction of sp³-hybridized carbons (Fsp3) is 0.125. The van der Waals surface area contributed by atoms with E-state index in [1.807, 2.05) is 0 Å². The van der Waals surface area contributed by atoms with Gasteiger partial charge in [-0.3, -0.25) is 14.8 Å². The molecule has 0 radical (unpaired) electrons. The number of hydrogen-bond acceptors (Lipinski definition) is 3. The molecule has 1 aromatic carbocycles. The maximum Gasteiger partial charge on any atom is 0.271 e. The number of nitro benzene ring substituents is 1. The third kappa shape index (κ3) is 1.27. The highest BCUT2D eigenvalue weighted by atomic mass is 79.9. The monoisotopic (exact) mass is 255 g/mol. The third-order valence-electron chi connectivity index (χ3n) is 2.00. The molecule has 0 aliphatic carbocycles. The van der Waals surface area contributed by atoms with E-state index in [9.17, 15) is 10.1 Å². The largest absolute Gasteiger partial charge is 0.271 e. The van der Waals surface area contributed by atoms with Crippen LogP contribution in [0, 0.1) is 10.1 Å². The first kappa shape index (κ1) is 9.14. The zero-order valence-corrected chi connectivity index (χ0v) is 8.85. The van der Waals surface area contributed by atoms with Crippen molar-refractivity contribution in [2.45, 2.75) is 0 Å². The molecule has 14 heavy (non-hydrogen) atoms. The van der Waals surface area contributed by atoms with Gasteiger partial charge in [0, 0.05) is 24.6 Å². The molecule has 0 aliphatic heterocycles. The minimum absolute atomic E-state index is 0.0769. The quantitative estimate of drug-likeness (QED) is 0.580. The summed E-state index contributed by atoms with van der Waals surface area (Å²) in [4.78, 5) is 10.1. The molecule has 1 heterocycles. The molecular formula is C8H6BrN3O2. The molecule has 1 aromatic heterocycles. The van der Waals surface area contributed by atoms with Gasteiger partial charge in [-0.15, -0.1) is 0 Å². The minimum atomic E-state index is -0.416. The molecule has 0 N–H and O–H groups in total. The van der Waals surface area contributed by atoms with E-state index in [1.54, 1.807) is 17.8 Å². The number of rotatable bonds is 1. The number of nitrogens with zero attached hydrogens (tertiary/aromatic N) is 3. The summed E-state index contributed by atoms with van der Waals surface area (Å²) in [5, 5.41) is 15.5. The van der Waals surface area contributed by atoms with E-state index in [4.69, 9.17) is 0 Å². The predicted molar refractivity (Wildman–Crippen MR) is 55.1 cm³/mol. The maximum atomic E-state index is 10.5. The van der Waals surface area contributed by atoms with Crippen LogP contribution in [0.3, 0.4) is 0 Å². The lowest BCUT2D eigenvalue weighted by Gasteiger charge is -1.93. The molecule has 0 saturated carbocycles. The lowest BCUT2D eigenvalue weighted by Crippen LogP contribution is -1.91. The van der Waals surface area contributed by atoms with Crippen LogP contribution >= 0.6 is 15.9 Å². The van der Waals surface area contributed by atoms with E-state index in [0.29, 0.717) is 4.60 Å². The molecule has 0 unspecified atom stereocenters. The highest BCUT2D eigenvalue weighted by Crippen LogP contribution is 2.26. The van der Waals surface area contributed by atoms with Crippen molar-refractivity contribution in [3.8, 4) is 0 Å². The predicted octanol–water partition coefficient (Wildman–Crippen LogP) is 2.24. The first-order valence-electron chi connectivity index (χ1n) is 3.86. The first-order valence-corrected chi connectivity index (χ1v) is 4.65. The highest BCUT2D eigenvalue weighted by molar-refractivity contribution is 9.10. The number of non-ortho nitro benzene ring substituents is 1. The Labute approximate surface area is 87.6 Å². The van der Waals surface area contributed by atoms with E-state index in [2.05, 4.69) is 21.0 Å². The summed E-state index contributed by atoms with van der Waals surface area (Å²) in [6.45, 7) is 0. The Morgan fingerprint density at radius 3 is 2.93 bits per heavy atom. The molecule has 72 valence electrons. The fourth-order valence-corrected chi connectivity index (χ4v) is 1.89. The van der Waals surface area contributed by atoms with Crippen molar-refractivity contribution in [3.63, 3.8) is 0 Å². The smallest absolute Gasteiger partial charge is 0.267 e. The van der Waals surface area contributed by atoms with E-state index in [0.717, 1.165) is 10.9 Å². The standard InChI is InChI=1S/C8H6BrN3O2/c1-11-7-4-5(12(13)14)2-3-6(7)8(9)10-11/h2-4H,1H3. The highest BCUT2D eigenvalue weighted by Gasteiger charge is 2.11. The molecule has 0 bridgehead atoms. The van der Waals surface area contributed by atoms with Gasteiger partial charge in [-0.1, -0.05) is 0 Å². The van der Waals surface area contributed by atoms with Crippen LogP contribution in [0.5, 0.6) is 0 Å². The average molecular weight is 256 g/mol. The topological polar surface area (TPSA) is 61.0 Å². The molecule has 5 nitrogen and oxygen atoms in total. The minimum Gasteiger partial charge on any atom is -0.267 e. The van der Waals surface area contributed by atoms with Crippen LogP contribution < -0.4 is 0 Å². The van der Waals surface area contributed by atoms with Crippen molar-refractivity contribution in [2.24, 2.45) is 7.05 Å². The second kappa shape index (κ2) is 3.06. The van der Waals surface area contributed by atoms with E-state index in [1.165, 1.54) is 12.1 Å². The molecule has 2 rings (SSSR count). The number of nitro groups is 1. The number of benzene rings is 1. The van der Waals surface area contributed by atoms with Gasteiger partial charge in [-0.05, 0) is 22.0 Å². The Morgan fingerprint density at radius 1 is 1.57 bits per heavy atom. The molecular weight excluding hydrogens is 250 g/mol. The Morgan fingerprint density at radius 2 is 2.29 bits per heavy atom. The molecule has 6 heteroatoms.